The summed E-state index contributed by atoms with van der Waals surface area (Å²) in [5.74, 6) is 0.493. The van der Waals surface area contributed by atoms with Crippen LogP contribution in [0.25, 0.3) is 0 Å². The van der Waals surface area contributed by atoms with E-state index >= 15 is 0 Å². The highest BCUT2D eigenvalue weighted by atomic mass is 32.1. The molecule has 1 amide bonds. The average Bonchev–Trinajstić information content (AvgIpc) is 2.70. The Labute approximate surface area is 104 Å². The van der Waals surface area contributed by atoms with Gasteiger partial charge in [-0.1, -0.05) is 18.3 Å². The van der Waals surface area contributed by atoms with Crippen molar-refractivity contribution >= 4 is 17.2 Å². The minimum atomic E-state index is -0.0918. The molecule has 0 saturated heterocycles. The zero-order valence-electron chi connectivity index (χ0n) is 9.99. The number of rotatable bonds is 7. The van der Waals surface area contributed by atoms with Gasteiger partial charge in [-0.05, 0) is 25.3 Å². The van der Waals surface area contributed by atoms with Crippen LogP contribution in [0.4, 0.5) is 0 Å². The number of hydrogen-bond donors (Lipinski definition) is 3. The molecule has 1 heterocycles. The van der Waals surface area contributed by atoms with Crippen LogP contribution in [-0.4, -0.2) is 17.4 Å². The number of carbonyl (C=O) groups excluding carboxylic acids is 1. The molecule has 5 nitrogen and oxygen atoms in total. The second-order valence-corrected chi connectivity index (χ2v) is 5.01. The first-order valence-corrected chi connectivity index (χ1v) is 6.63. The average molecular weight is 257 g/mol. The van der Waals surface area contributed by atoms with Gasteiger partial charge < -0.3 is 16.0 Å². The summed E-state index contributed by atoms with van der Waals surface area (Å²) in [5.41, 5.74) is 6.19. The van der Waals surface area contributed by atoms with Gasteiger partial charge in [0.25, 0.3) is 0 Å². The second kappa shape index (κ2) is 7.24. The molecular formula is C11H19N3O2S. The van der Waals surface area contributed by atoms with Crippen molar-refractivity contribution in [2.24, 2.45) is 11.7 Å². The highest BCUT2D eigenvalue weighted by Crippen LogP contribution is 2.08. The van der Waals surface area contributed by atoms with E-state index in [4.69, 9.17) is 5.73 Å². The summed E-state index contributed by atoms with van der Waals surface area (Å²) in [7, 11) is 0. The van der Waals surface area contributed by atoms with E-state index in [-0.39, 0.29) is 10.8 Å². The molecule has 6 heteroatoms. The van der Waals surface area contributed by atoms with Gasteiger partial charge in [-0.25, -0.2) is 0 Å². The Morgan fingerprint density at radius 3 is 2.94 bits per heavy atom. The molecule has 1 unspecified atom stereocenters. The lowest BCUT2D eigenvalue weighted by Crippen LogP contribution is -2.23. The van der Waals surface area contributed by atoms with Gasteiger partial charge in [0, 0.05) is 17.5 Å². The molecule has 96 valence electrons. The minimum absolute atomic E-state index is 0.0147. The summed E-state index contributed by atoms with van der Waals surface area (Å²) < 4.78 is 0. The van der Waals surface area contributed by atoms with E-state index in [2.05, 4.69) is 17.2 Å². The predicted octanol–water partition coefficient (Wildman–Crippen LogP) is 0.818. The number of hydrogen-bond acceptors (Lipinski definition) is 4. The van der Waals surface area contributed by atoms with Crippen molar-refractivity contribution in [3.05, 3.63) is 20.7 Å². The third kappa shape index (κ3) is 5.65. The summed E-state index contributed by atoms with van der Waals surface area (Å²) in [4.78, 5) is 24.9. The first-order valence-electron chi connectivity index (χ1n) is 5.75. The van der Waals surface area contributed by atoms with Crippen molar-refractivity contribution in [3.63, 3.8) is 0 Å². The zero-order valence-corrected chi connectivity index (χ0v) is 10.8. The van der Waals surface area contributed by atoms with E-state index in [9.17, 15) is 9.59 Å². The monoisotopic (exact) mass is 257 g/mol. The molecule has 17 heavy (non-hydrogen) atoms. The fraction of sp³-hybridized carbons (Fsp3) is 0.636. The maximum atomic E-state index is 11.5. The summed E-state index contributed by atoms with van der Waals surface area (Å²) in [5, 5.41) is 4.50. The maximum absolute atomic E-state index is 11.5. The molecule has 1 aromatic heterocycles. The van der Waals surface area contributed by atoms with Crippen LogP contribution in [0.2, 0.25) is 0 Å². The highest BCUT2D eigenvalue weighted by molar-refractivity contribution is 7.07. The van der Waals surface area contributed by atoms with Gasteiger partial charge in [-0.3, -0.25) is 9.59 Å². The molecule has 1 rings (SSSR count). The van der Waals surface area contributed by atoms with E-state index in [1.807, 2.05) is 0 Å². The van der Waals surface area contributed by atoms with Crippen LogP contribution in [0.1, 0.15) is 31.9 Å². The lowest BCUT2D eigenvalue weighted by atomic mass is 10.0. The Morgan fingerprint density at radius 2 is 2.35 bits per heavy atom. The van der Waals surface area contributed by atoms with E-state index in [1.165, 1.54) is 0 Å². The van der Waals surface area contributed by atoms with Gasteiger partial charge in [0.1, 0.15) is 0 Å². The largest absolute Gasteiger partial charge is 0.351 e. The van der Waals surface area contributed by atoms with Crippen LogP contribution in [-0.2, 0) is 11.3 Å². The van der Waals surface area contributed by atoms with Gasteiger partial charge in [0.05, 0.1) is 6.54 Å². The maximum Gasteiger partial charge on any atom is 0.304 e. The second-order valence-electron chi connectivity index (χ2n) is 4.17. The molecule has 0 aromatic carbocycles. The molecule has 0 radical (unpaired) electrons. The Bertz CT molecular complexity index is 399. The fourth-order valence-electron chi connectivity index (χ4n) is 1.49. The topological polar surface area (TPSA) is 88.0 Å². The molecule has 0 aliphatic carbocycles. The minimum Gasteiger partial charge on any atom is -0.351 e. The highest BCUT2D eigenvalue weighted by Gasteiger charge is 2.06. The Kier molecular flexibility index (Phi) is 5.93. The van der Waals surface area contributed by atoms with E-state index in [0.717, 1.165) is 29.9 Å². The molecule has 1 aromatic rings. The Morgan fingerprint density at radius 1 is 1.59 bits per heavy atom. The lowest BCUT2D eigenvalue weighted by Gasteiger charge is -2.09. The van der Waals surface area contributed by atoms with Crippen molar-refractivity contribution in [2.45, 2.75) is 32.7 Å². The van der Waals surface area contributed by atoms with Crippen molar-refractivity contribution in [1.82, 2.24) is 10.3 Å². The SMILES string of the molecule is CC(CCN)CCC(=O)NCc1csc(=O)[nH]1. The molecule has 0 bridgehead atoms. The summed E-state index contributed by atoms with van der Waals surface area (Å²) >= 11 is 1.10. The van der Waals surface area contributed by atoms with Gasteiger partial charge in [-0.15, -0.1) is 0 Å². The van der Waals surface area contributed by atoms with Gasteiger partial charge in [-0.2, -0.15) is 0 Å². The van der Waals surface area contributed by atoms with Crippen molar-refractivity contribution in [1.29, 1.82) is 0 Å². The molecule has 0 aliphatic heterocycles. The molecule has 0 spiro atoms. The van der Waals surface area contributed by atoms with Crippen LogP contribution in [0.5, 0.6) is 0 Å². The third-order valence-electron chi connectivity index (χ3n) is 2.57. The number of aromatic nitrogens is 1. The fourth-order valence-corrected chi connectivity index (χ4v) is 2.07. The quantitative estimate of drug-likeness (QED) is 0.675. The standard InChI is InChI=1S/C11H19N3O2S/c1-8(4-5-12)2-3-10(15)13-6-9-7-17-11(16)14-9/h7-8H,2-6,12H2,1H3,(H,13,15)(H,14,16). The smallest absolute Gasteiger partial charge is 0.304 e. The third-order valence-corrected chi connectivity index (χ3v) is 3.29. The summed E-state index contributed by atoms with van der Waals surface area (Å²) in [6.45, 7) is 3.15. The number of nitrogens with two attached hydrogens (primary N) is 1. The van der Waals surface area contributed by atoms with Gasteiger partial charge >= 0.3 is 4.87 Å². The number of aromatic amines is 1. The van der Waals surface area contributed by atoms with Gasteiger partial charge in [0.15, 0.2) is 0 Å². The molecule has 0 saturated carbocycles. The molecule has 4 N–H and O–H groups in total. The van der Waals surface area contributed by atoms with Gasteiger partial charge in [0.2, 0.25) is 5.91 Å². The van der Waals surface area contributed by atoms with Crippen molar-refractivity contribution in [2.75, 3.05) is 6.54 Å². The lowest BCUT2D eigenvalue weighted by molar-refractivity contribution is -0.121. The van der Waals surface area contributed by atoms with Crippen molar-refractivity contribution < 1.29 is 4.79 Å². The van der Waals surface area contributed by atoms with E-state index in [0.29, 0.717) is 25.4 Å². The normalized spacial score (nSPS) is 12.4. The van der Waals surface area contributed by atoms with Crippen LogP contribution < -0.4 is 15.9 Å². The van der Waals surface area contributed by atoms with Crippen LogP contribution in [0, 0.1) is 5.92 Å². The van der Waals surface area contributed by atoms with Crippen LogP contribution in [0.15, 0.2) is 10.2 Å². The predicted molar refractivity (Wildman–Crippen MR) is 68.9 cm³/mol. The molecule has 0 aliphatic rings. The van der Waals surface area contributed by atoms with Crippen LogP contribution in [0.3, 0.4) is 0 Å². The van der Waals surface area contributed by atoms with E-state index in [1.54, 1.807) is 5.38 Å². The molecule has 0 fully saturated rings. The first-order chi connectivity index (χ1) is 8.11. The van der Waals surface area contributed by atoms with Crippen molar-refractivity contribution in [3.8, 4) is 0 Å². The summed E-state index contributed by atoms with van der Waals surface area (Å²) in [6.07, 6.45) is 2.31. The Hall–Kier alpha value is -1.14. The number of nitrogens with one attached hydrogen (secondary N) is 2. The Balaban J connectivity index is 2.19. The number of thiazole rings is 1. The molecular weight excluding hydrogens is 238 g/mol. The zero-order chi connectivity index (χ0) is 12.7. The first kappa shape index (κ1) is 13.9. The number of H-pyrrole nitrogens is 1. The number of carbonyl (C=O) groups is 1. The number of amides is 1. The van der Waals surface area contributed by atoms with Crippen LogP contribution >= 0.6 is 11.3 Å². The van der Waals surface area contributed by atoms with E-state index < -0.39 is 0 Å². The summed E-state index contributed by atoms with van der Waals surface area (Å²) in [6, 6.07) is 0. The molecule has 1 atom stereocenters.